The van der Waals surface area contributed by atoms with Crippen LogP contribution in [0.5, 0.6) is 11.6 Å². The topological polar surface area (TPSA) is 35.0 Å². The van der Waals surface area contributed by atoms with E-state index in [-0.39, 0.29) is 0 Å². The minimum atomic E-state index is 0.291. The third kappa shape index (κ3) is 2.62. The van der Waals surface area contributed by atoms with Gasteiger partial charge in [0, 0.05) is 0 Å². The highest BCUT2D eigenvalue weighted by Crippen LogP contribution is 2.29. The number of nitrogens with zero attached hydrogens (tertiary/aromatic N) is 2. The summed E-state index contributed by atoms with van der Waals surface area (Å²) in [5.74, 6) is 1.11. The third-order valence-corrected chi connectivity index (χ3v) is 3.03. The maximum absolute atomic E-state index is 6.04. The average Bonchev–Trinajstić information content (AvgIpc) is 2.30. The van der Waals surface area contributed by atoms with Crippen LogP contribution in [-0.4, -0.2) is 9.97 Å². The van der Waals surface area contributed by atoms with E-state index in [1.54, 1.807) is 0 Å². The summed E-state index contributed by atoms with van der Waals surface area (Å²) >= 11 is 6.04. The van der Waals surface area contributed by atoms with Crippen molar-refractivity contribution in [1.29, 1.82) is 0 Å². The van der Waals surface area contributed by atoms with Gasteiger partial charge in [0.1, 0.15) is 5.75 Å². The van der Waals surface area contributed by atoms with Crippen LogP contribution < -0.4 is 4.74 Å². The molecule has 1 aromatic carbocycles. The van der Waals surface area contributed by atoms with Gasteiger partial charge in [-0.1, -0.05) is 23.7 Å². The van der Waals surface area contributed by atoms with Crippen molar-refractivity contribution in [3.05, 3.63) is 45.9 Å². The van der Waals surface area contributed by atoms with Crippen molar-refractivity contribution in [3.63, 3.8) is 0 Å². The van der Waals surface area contributed by atoms with Crippen LogP contribution in [0.4, 0.5) is 0 Å². The van der Waals surface area contributed by atoms with E-state index in [9.17, 15) is 0 Å². The lowest BCUT2D eigenvalue weighted by molar-refractivity contribution is 0.454. The number of aromatic nitrogens is 2. The average molecular weight is 263 g/mol. The molecule has 0 aliphatic heterocycles. The second-order valence-electron chi connectivity index (χ2n) is 4.36. The molecule has 94 valence electrons. The Hall–Kier alpha value is -1.61. The maximum atomic E-state index is 6.04. The van der Waals surface area contributed by atoms with E-state index >= 15 is 0 Å². The molecule has 0 radical (unpaired) electrons. The van der Waals surface area contributed by atoms with Crippen LogP contribution in [0.1, 0.15) is 22.5 Å². The van der Waals surface area contributed by atoms with Crippen LogP contribution in [0.3, 0.4) is 0 Å². The van der Waals surface area contributed by atoms with Gasteiger partial charge in [0.15, 0.2) is 5.15 Å². The first-order valence-electron chi connectivity index (χ1n) is 5.73. The van der Waals surface area contributed by atoms with Gasteiger partial charge in [-0.15, -0.1) is 0 Å². The van der Waals surface area contributed by atoms with E-state index in [2.05, 4.69) is 9.97 Å². The fourth-order valence-electron chi connectivity index (χ4n) is 1.54. The van der Waals surface area contributed by atoms with E-state index in [4.69, 9.17) is 16.3 Å². The Morgan fingerprint density at radius 3 is 2.39 bits per heavy atom. The van der Waals surface area contributed by atoms with Crippen LogP contribution >= 0.6 is 11.6 Å². The largest absolute Gasteiger partial charge is 0.436 e. The minimum Gasteiger partial charge on any atom is -0.436 e. The number of halogens is 1. The summed E-state index contributed by atoms with van der Waals surface area (Å²) in [6.07, 6.45) is 0. The van der Waals surface area contributed by atoms with E-state index in [1.807, 2.05) is 45.9 Å². The Bertz CT molecular complexity index is 597. The quantitative estimate of drug-likeness (QED) is 0.815. The van der Waals surface area contributed by atoms with E-state index in [0.29, 0.717) is 11.0 Å². The lowest BCUT2D eigenvalue weighted by Crippen LogP contribution is -1.98. The first kappa shape index (κ1) is 12.8. The van der Waals surface area contributed by atoms with Crippen molar-refractivity contribution >= 4 is 11.6 Å². The van der Waals surface area contributed by atoms with Gasteiger partial charge in [0.2, 0.25) is 0 Å². The summed E-state index contributed by atoms with van der Waals surface area (Å²) in [6.45, 7) is 7.75. The predicted octanol–water partition coefficient (Wildman–Crippen LogP) is 4.16. The number of ether oxygens (including phenoxy) is 1. The molecule has 2 aromatic rings. The Labute approximate surface area is 112 Å². The molecule has 3 nitrogen and oxygen atoms in total. The molecule has 4 heteroatoms. The van der Waals surface area contributed by atoms with Gasteiger partial charge in [0.05, 0.1) is 11.4 Å². The standard InChI is InChI=1S/C14H15ClN2O/c1-8-5-6-9(2)12(7-8)18-14-13(15)16-10(3)11(4)17-14/h5-7H,1-4H3. The van der Waals surface area contributed by atoms with E-state index < -0.39 is 0 Å². The molecule has 0 atom stereocenters. The molecule has 1 heterocycles. The zero-order valence-corrected chi connectivity index (χ0v) is 11.7. The van der Waals surface area contributed by atoms with Crippen LogP contribution in [0.15, 0.2) is 18.2 Å². The molecule has 0 bridgehead atoms. The molecule has 0 aliphatic carbocycles. The Kier molecular flexibility index (Phi) is 3.53. The molecule has 18 heavy (non-hydrogen) atoms. The van der Waals surface area contributed by atoms with Gasteiger partial charge in [-0.25, -0.2) is 9.97 Å². The molecule has 1 aromatic heterocycles. The second kappa shape index (κ2) is 4.94. The van der Waals surface area contributed by atoms with Crippen LogP contribution in [0, 0.1) is 27.7 Å². The van der Waals surface area contributed by atoms with Gasteiger partial charge in [0.25, 0.3) is 5.88 Å². The van der Waals surface area contributed by atoms with Gasteiger partial charge in [-0.05, 0) is 44.9 Å². The number of aryl methyl sites for hydroxylation is 4. The van der Waals surface area contributed by atoms with Crippen molar-refractivity contribution in [3.8, 4) is 11.6 Å². The fraction of sp³-hybridized carbons (Fsp3) is 0.286. The summed E-state index contributed by atoms with van der Waals surface area (Å²) in [7, 11) is 0. The summed E-state index contributed by atoms with van der Waals surface area (Å²) in [6, 6.07) is 6.01. The highest BCUT2D eigenvalue weighted by molar-refractivity contribution is 6.30. The van der Waals surface area contributed by atoms with E-state index in [0.717, 1.165) is 28.3 Å². The SMILES string of the molecule is Cc1ccc(C)c(Oc2nc(C)c(C)nc2Cl)c1. The molecule has 0 spiro atoms. The smallest absolute Gasteiger partial charge is 0.257 e. The molecule has 0 saturated heterocycles. The van der Waals surface area contributed by atoms with Gasteiger partial charge >= 0.3 is 0 Å². The number of hydrogen-bond acceptors (Lipinski definition) is 3. The van der Waals surface area contributed by atoms with Crippen molar-refractivity contribution in [2.24, 2.45) is 0 Å². The van der Waals surface area contributed by atoms with Crippen LogP contribution in [-0.2, 0) is 0 Å². The van der Waals surface area contributed by atoms with Crippen LogP contribution in [0.25, 0.3) is 0 Å². The van der Waals surface area contributed by atoms with Gasteiger partial charge < -0.3 is 4.74 Å². The summed E-state index contributed by atoms with van der Waals surface area (Å²) < 4.78 is 5.75. The lowest BCUT2D eigenvalue weighted by Gasteiger charge is -2.10. The van der Waals surface area contributed by atoms with Crippen molar-refractivity contribution in [1.82, 2.24) is 9.97 Å². The zero-order valence-electron chi connectivity index (χ0n) is 10.9. The van der Waals surface area contributed by atoms with Crippen molar-refractivity contribution in [2.45, 2.75) is 27.7 Å². The highest BCUT2D eigenvalue weighted by atomic mass is 35.5. The summed E-state index contributed by atoms with van der Waals surface area (Å²) in [5.41, 5.74) is 3.80. The number of benzene rings is 1. The van der Waals surface area contributed by atoms with Crippen molar-refractivity contribution < 1.29 is 4.74 Å². The van der Waals surface area contributed by atoms with E-state index in [1.165, 1.54) is 0 Å². The molecule has 0 aliphatic rings. The van der Waals surface area contributed by atoms with Gasteiger partial charge in [-0.3, -0.25) is 0 Å². The first-order valence-corrected chi connectivity index (χ1v) is 6.11. The predicted molar refractivity (Wildman–Crippen MR) is 72.5 cm³/mol. The molecule has 0 N–H and O–H groups in total. The minimum absolute atomic E-state index is 0.291. The number of hydrogen-bond donors (Lipinski definition) is 0. The first-order chi connectivity index (χ1) is 8.47. The molecule has 0 fully saturated rings. The zero-order chi connectivity index (χ0) is 13.3. The second-order valence-corrected chi connectivity index (χ2v) is 4.72. The number of rotatable bonds is 2. The Morgan fingerprint density at radius 2 is 1.67 bits per heavy atom. The molecular formula is C14H15ClN2O. The highest BCUT2D eigenvalue weighted by Gasteiger charge is 2.10. The van der Waals surface area contributed by atoms with Gasteiger partial charge in [-0.2, -0.15) is 0 Å². The lowest BCUT2D eigenvalue weighted by atomic mass is 10.1. The summed E-state index contributed by atoms with van der Waals surface area (Å²) in [4.78, 5) is 8.52. The van der Waals surface area contributed by atoms with Crippen LogP contribution in [0.2, 0.25) is 5.15 Å². The molecule has 0 amide bonds. The molecular weight excluding hydrogens is 248 g/mol. The normalized spacial score (nSPS) is 10.5. The monoisotopic (exact) mass is 262 g/mol. The molecule has 0 saturated carbocycles. The molecule has 0 unspecified atom stereocenters. The summed E-state index contributed by atoms with van der Waals surface area (Å²) in [5, 5.41) is 0.291. The molecule has 2 rings (SSSR count). The Morgan fingerprint density at radius 1 is 1.00 bits per heavy atom. The third-order valence-electron chi connectivity index (χ3n) is 2.79. The van der Waals surface area contributed by atoms with Crippen molar-refractivity contribution in [2.75, 3.05) is 0 Å². The maximum Gasteiger partial charge on any atom is 0.257 e. The fourth-order valence-corrected chi connectivity index (χ4v) is 1.75. The Balaban J connectivity index is 2.40.